The Balaban J connectivity index is 1.56. The Bertz CT molecular complexity index is 758. The van der Waals surface area contributed by atoms with Gasteiger partial charge in [-0.05, 0) is 30.9 Å². The molecule has 0 bridgehead atoms. The molecular formula is C17H23N3O3S. The molecule has 24 heavy (non-hydrogen) atoms. The van der Waals surface area contributed by atoms with Crippen molar-refractivity contribution in [2.45, 2.75) is 50.0 Å². The van der Waals surface area contributed by atoms with Crippen molar-refractivity contribution in [3.8, 4) is 0 Å². The van der Waals surface area contributed by atoms with Gasteiger partial charge in [0.15, 0.2) is 0 Å². The number of carbonyl (C=O) groups is 1. The molecule has 0 spiro atoms. The number of aliphatic imine (C=N–C) groups is 1. The van der Waals surface area contributed by atoms with Gasteiger partial charge in [-0.15, -0.1) is 0 Å². The zero-order valence-corrected chi connectivity index (χ0v) is 14.6. The number of sulfonamides is 1. The highest BCUT2D eigenvalue weighted by atomic mass is 32.2. The smallest absolute Gasteiger partial charge is 0.263 e. The third-order valence-electron chi connectivity index (χ3n) is 4.57. The van der Waals surface area contributed by atoms with E-state index in [2.05, 4.69) is 22.0 Å². The number of hydrogen-bond acceptors (Lipinski definition) is 4. The summed E-state index contributed by atoms with van der Waals surface area (Å²) in [6.07, 6.45) is 4.73. The van der Waals surface area contributed by atoms with Gasteiger partial charge in [-0.3, -0.25) is 14.5 Å². The van der Waals surface area contributed by atoms with E-state index in [1.165, 1.54) is 6.42 Å². The molecule has 1 aromatic carbocycles. The molecule has 1 amide bonds. The van der Waals surface area contributed by atoms with Crippen LogP contribution < -0.4 is 10.0 Å². The molecule has 1 aliphatic heterocycles. The van der Waals surface area contributed by atoms with Gasteiger partial charge < -0.3 is 5.32 Å². The number of nitrogens with zero attached hydrogens (tertiary/aromatic N) is 1. The van der Waals surface area contributed by atoms with E-state index < -0.39 is 10.0 Å². The van der Waals surface area contributed by atoms with E-state index in [1.807, 2.05) is 0 Å². The van der Waals surface area contributed by atoms with Gasteiger partial charge in [0.2, 0.25) is 5.91 Å². The highest BCUT2D eigenvalue weighted by Crippen LogP contribution is 2.24. The summed E-state index contributed by atoms with van der Waals surface area (Å²) < 4.78 is 26.4. The number of nitrogens with one attached hydrogen (secondary N) is 2. The van der Waals surface area contributed by atoms with E-state index in [0.717, 1.165) is 19.3 Å². The van der Waals surface area contributed by atoms with Crippen LogP contribution in [0.3, 0.4) is 0 Å². The highest BCUT2D eigenvalue weighted by molar-refractivity contribution is 7.90. The third kappa shape index (κ3) is 3.77. The van der Waals surface area contributed by atoms with E-state index in [4.69, 9.17) is 0 Å². The minimum Gasteiger partial charge on any atom is -0.353 e. The summed E-state index contributed by atoms with van der Waals surface area (Å²) in [5.41, 5.74) is 0.569. The fourth-order valence-corrected chi connectivity index (χ4v) is 4.64. The molecule has 1 aliphatic carbocycles. The lowest BCUT2D eigenvalue weighted by Crippen LogP contribution is -2.38. The van der Waals surface area contributed by atoms with Crippen LogP contribution in [-0.2, 0) is 14.8 Å². The van der Waals surface area contributed by atoms with Crippen LogP contribution in [0.5, 0.6) is 0 Å². The summed E-state index contributed by atoms with van der Waals surface area (Å²) in [4.78, 5) is 16.6. The summed E-state index contributed by atoms with van der Waals surface area (Å²) in [7, 11) is -3.52. The number of carbonyl (C=O) groups excluding carboxylic acids is 1. The molecular weight excluding hydrogens is 326 g/mol. The molecule has 2 aliphatic rings. The van der Waals surface area contributed by atoms with Crippen LogP contribution in [0.15, 0.2) is 34.2 Å². The normalized spacial score (nSPS) is 26.6. The van der Waals surface area contributed by atoms with Crippen molar-refractivity contribution in [3.63, 3.8) is 0 Å². The molecule has 2 unspecified atom stereocenters. The van der Waals surface area contributed by atoms with Crippen molar-refractivity contribution in [2.24, 2.45) is 10.9 Å². The van der Waals surface area contributed by atoms with Crippen molar-refractivity contribution in [2.75, 3.05) is 6.54 Å². The zero-order valence-electron chi connectivity index (χ0n) is 13.8. The number of hydrogen-bond donors (Lipinski definition) is 2. The molecule has 1 saturated carbocycles. The van der Waals surface area contributed by atoms with Gasteiger partial charge in [-0.1, -0.05) is 31.9 Å². The number of rotatable bonds is 4. The molecule has 1 heterocycles. The molecule has 2 atom stereocenters. The first-order valence-electron chi connectivity index (χ1n) is 8.42. The first kappa shape index (κ1) is 17.0. The Morgan fingerprint density at radius 2 is 2.12 bits per heavy atom. The topological polar surface area (TPSA) is 87.6 Å². The summed E-state index contributed by atoms with van der Waals surface area (Å²) in [6.45, 7) is 2.48. The van der Waals surface area contributed by atoms with E-state index in [-0.39, 0.29) is 29.8 Å². The van der Waals surface area contributed by atoms with Crippen molar-refractivity contribution < 1.29 is 13.2 Å². The Morgan fingerprint density at radius 3 is 2.92 bits per heavy atom. The maximum Gasteiger partial charge on any atom is 0.263 e. The number of fused-ring (bicyclic) bond motifs is 1. The largest absolute Gasteiger partial charge is 0.353 e. The van der Waals surface area contributed by atoms with E-state index in [1.54, 1.807) is 24.3 Å². The second-order valence-electron chi connectivity index (χ2n) is 6.62. The molecule has 6 nitrogen and oxygen atoms in total. The molecule has 1 aromatic rings. The predicted octanol–water partition coefficient (Wildman–Crippen LogP) is 1.81. The minimum atomic E-state index is -3.52. The number of amidine groups is 1. The second-order valence-corrected chi connectivity index (χ2v) is 8.27. The second kappa shape index (κ2) is 6.93. The average Bonchev–Trinajstić information content (AvgIpc) is 2.79. The molecule has 0 radical (unpaired) electrons. The minimum absolute atomic E-state index is 0.0208. The first-order valence-corrected chi connectivity index (χ1v) is 9.90. The van der Waals surface area contributed by atoms with Crippen LogP contribution in [0.2, 0.25) is 0 Å². The lowest BCUT2D eigenvalue weighted by atomic mass is 9.87. The number of benzene rings is 1. The van der Waals surface area contributed by atoms with Gasteiger partial charge in [0, 0.05) is 18.0 Å². The van der Waals surface area contributed by atoms with Crippen LogP contribution >= 0.6 is 0 Å². The van der Waals surface area contributed by atoms with Gasteiger partial charge >= 0.3 is 0 Å². The van der Waals surface area contributed by atoms with Crippen LogP contribution in [-0.4, -0.2) is 32.7 Å². The fourth-order valence-electron chi connectivity index (χ4n) is 3.39. The predicted molar refractivity (Wildman–Crippen MR) is 92.3 cm³/mol. The quantitative estimate of drug-likeness (QED) is 0.869. The van der Waals surface area contributed by atoms with Crippen molar-refractivity contribution in [1.82, 2.24) is 10.0 Å². The molecule has 0 aromatic heterocycles. The van der Waals surface area contributed by atoms with Crippen LogP contribution in [0.1, 0.15) is 44.6 Å². The Labute approximate surface area is 142 Å². The van der Waals surface area contributed by atoms with Crippen LogP contribution in [0.25, 0.3) is 0 Å². The Morgan fingerprint density at radius 1 is 1.33 bits per heavy atom. The summed E-state index contributed by atoms with van der Waals surface area (Å²) >= 11 is 0. The lowest BCUT2D eigenvalue weighted by molar-refractivity contribution is -0.121. The molecule has 130 valence electrons. The maximum absolute atomic E-state index is 12.0. The van der Waals surface area contributed by atoms with Gasteiger partial charge in [-0.25, -0.2) is 8.42 Å². The Hall–Kier alpha value is -1.89. The van der Waals surface area contributed by atoms with Gasteiger partial charge in [0.05, 0.1) is 11.4 Å². The molecule has 2 N–H and O–H groups in total. The maximum atomic E-state index is 12.0. The average molecular weight is 349 g/mol. The van der Waals surface area contributed by atoms with Crippen LogP contribution in [0, 0.1) is 5.92 Å². The van der Waals surface area contributed by atoms with E-state index in [9.17, 15) is 13.2 Å². The standard InChI is InChI=1S/C17H23N3O3S/c1-12-5-4-6-13(11-12)19-16(21)9-10-18-17-14-7-2-3-8-15(14)24(22,23)20-17/h2-3,7-8,12-13H,4-6,9-11H2,1H3,(H,18,20)(H,19,21). The van der Waals surface area contributed by atoms with Gasteiger partial charge in [-0.2, -0.15) is 0 Å². The molecule has 0 saturated heterocycles. The van der Waals surface area contributed by atoms with Crippen molar-refractivity contribution in [3.05, 3.63) is 29.8 Å². The molecule has 1 fully saturated rings. The highest BCUT2D eigenvalue weighted by Gasteiger charge is 2.30. The SMILES string of the molecule is CC1CCCC(NC(=O)CCN=C2NS(=O)(=O)c3ccccc32)C1. The van der Waals surface area contributed by atoms with E-state index >= 15 is 0 Å². The van der Waals surface area contributed by atoms with Crippen molar-refractivity contribution >= 4 is 21.8 Å². The van der Waals surface area contributed by atoms with E-state index in [0.29, 0.717) is 17.3 Å². The summed E-state index contributed by atoms with van der Waals surface area (Å²) in [6, 6.07) is 6.99. The van der Waals surface area contributed by atoms with Gasteiger partial charge in [0.1, 0.15) is 5.84 Å². The first-order chi connectivity index (χ1) is 11.5. The van der Waals surface area contributed by atoms with Crippen LogP contribution in [0.4, 0.5) is 0 Å². The summed E-state index contributed by atoms with van der Waals surface area (Å²) in [5, 5.41) is 3.06. The van der Waals surface area contributed by atoms with Gasteiger partial charge in [0.25, 0.3) is 10.0 Å². The Kier molecular flexibility index (Phi) is 4.89. The monoisotopic (exact) mass is 349 g/mol. The summed E-state index contributed by atoms with van der Waals surface area (Å²) in [5.74, 6) is 0.964. The lowest BCUT2D eigenvalue weighted by Gasteiger charge is -2.27. The zero-order chi connectivity index (χ0) is 17.2. The fraction of sp³-hybridized carbons (Fsp3) is 0.529. The third-order valence-corrected chi connectivity index (χ3v) is 5.97. The number of amides is 1. The van der Waals surface area contributed by atoms with Crippen molar-refractivity contribution in [1.29, 1.82) is 0 Å². The molecule has 7 heteroatoms. The molecule has 3 rings (SSSR count).